The van der Waals surface area contributed by atoms with Gasteiger partial charge in [-0.3, -0.25) is 9.59 Å². The monoisotopic (exact) mass is 426 g/mol. The van der Waals surface area contributed by atoms with E-state index in [0.29, 0.717) is 30.1 Å². The number of morpholine rings is 1. The Morgan fingerprint density at radius 2 is 2.20 bits per heavy atom. The summed E-state index contributed by atoms with van der Waals surface area (Å²) in [6, 6.07) is 6.46. The average Bonchev–Trinajstić information content (AvgIpc) is 2.78. The molecule has 1 saturated heterocycles. The van der Waals surface area contributed by atoms with E-state index in [4.69, 9.17) is 16.3 Å². The minimum atomic E-state index is -0.582. The summed E-state index contributed by atoms with van der Waals surface area (Å²) < 4.78 is 5.92. The summed E-state index contributed by atoms with van der Waals surface area (Å²) in [6.07, 6.45) is 1.98. The molecular weight excluding hydrogens is 408 g/mol. The first kappa shape index (κ1) is 21.4. The van der Waals surface area contributed by atoms with Gasteiger partial charge in [-0.25, -0.2) is 15.0 Å². The van der Waals surface area contributed by atoms with Crippen LogP contribution >= 0.6 is 11.6 Å². The molecule has 3 rings (SSSR count). The fraction of sp³-hybridized carbons (Fsp3) is 0.300. The molecule has 9 nitrogen and oxygen atoms in total. The number of halogens is 1. The first-order valence-corrected chi connectivity index (χ1v) is 9.49. The van der Waals surface area contributed by atoms with Gasteiger partial charge in [0.15, 0.2) is 0 Å². The zero-order chi connectivity index (χ0) is 21.7. The smallest absolute Gasteiger partial charge is 0.269 e. The van der Waals surface area contributed by atoms with Crippen molar-refractivity contribution >= 4 is 23.4 Å². The number of aromatic nitrogens is 3. The first-order valence-electron chi connectivity index (χ1n) is 9.12. The summed E-state index contributed by atoms with van der Waals surface area (Å²) in [5.41, 5.74) is 1.65. The van der Waals surface area contributed by atoms with Gasteiger partial charge in [-0.2, -0.15) is 5.26 Å². The molecule has 3 heterocycles. The van der Waals surface area contributed by atoms with Gasteiger partial charge in [0.25, 0.3) is 5.91 Å². The molecule has 0 spiro atoms. The molecule has 10 heteroatoms. The largest absolute Gasteiger partial charge is 0.369 e. The van der Waals surface area contributed by atoms with Crippen molar-refractivity contribution in [2.75, 3.05) is 20.2 Å². The molecular formula is C20H19ClN6O3. The Labute approximate surface area is 178 Å². The predicted octanol–water partition coefficient (Wildman–Crippen LogP) is 1.92. The van der Waals surface area contributed by atoms with E-state index in [-0.39, 0.29) is 29.1 Å². The number of nitriles is 1. The van der Waals surface area contributed by atoms with Gasteiger partial charge in [-0.1, -0.05) is 18.2 Å². The summed E-state index contributed by atoms with van der Waals surface area (Å²) in [5, 5.41) is 12.0. The Morgan fingerprint density at radius 3 is 2.90 bits per heavy atom. The lowest BCUT2D eigenvalue weighted by Crippen LogP contribution is -2.49. The van der Waals surface area contributed by atoms with Gasteiger partial charge in [-0.15, -0.1) is 0 Å². The number of hydrogen-bond acceptors (Lipinski definition) is 7. The van der Waals surface area contributed by atoms with Crippen LogP contribution in [0.3, 0.4) is 0 Å². The highest BCUT2D eigenvalue weighted by Crippen LogP contribution is 2.33. The fourth-order valence-electron chi connectivity index (χ4n) is 3.30. The van der Waals surface area contributed by atoms with E-state index in [9.17, 15) is 14.9 Å². The first-order chi connectivity index (χ1) is 14.5. The van der Waals surface area contributed by atoms with Gasteiger partial charge in [0.2, 0.25) is 5.91 Å². The molecule has 1 fully saturated rings. The van der Waals surface area contributed by atoms with Crippen molar-refractivity contribution in [2.45, 2.75) is 18.6 Å². The van der Waals surface area contributed by atoms with E-state index in [1.54, 1.807) is 17.0 Å². The summed E-state index contributed by atoms with van der Waals surface area (Å²) in [4.78, 5) is 38.1. The molecule has 2 unspecified atom stereocenters. The van der Waals surface area contributed by atoms with E-state index >= 15 is 0 Å². The second kappa shape index (κ2) is 9.43. The highest BCUT2D eigenvalue weighted by molar-refractivity contribution is 6.29. The lowest BCUT2D eigenvalue weighted by molar-refractivity contribution is -0.141. The van der Waals surface area contributed by atoms with Crippen molar-refractivity contribution in [3.63, 3.8) is 0 Å². The topological polar surface area (TPSA) is 121 Å². The van der Waals surface area contributed by atoms with Gasteiger partial charge < -0.3 is 15.0 Å². The number of carbonyl (C=O) groups excluding carboxylic acids is 2. The maximum atomic E-state index is 12.3. The predicted molar refractivity (Wildman–Crippen MR) is 108 cm³/mol. The zero-order valence-electron chi connectivity index (χ0n) is 16.2. The molecule has 1 aliphatic rings. The Bertz CT molecular complexity index is 1020. The zero-order valence-corrected chi connectivity index (χ0v) is 17.0. The molecule has 0 bridgehead atoms. The summed E-state index contributed by atoms with van der Waals surface area (Å²) >= 11 is 6.25. The molecule has 2 aromatic heterocycles. The lowest BCUT2D eigenvalue weighted by atomic mass is 9.96. The maximum absolute atomic E-state index is 12.3. The Morgan fingerprint density at radius 1 is 1.40 bits per heavy atom. The quantitative estimate of drug-likeness (QED) is 0.572. The Balaban J connectivity index is 2.02. The molecule has 30 heavy (non-hydrogen) atoms. The normalized spacial score (nSPS) is 18.4. The molecule has 2 amide bonds. The van der Waals surface area contributed by atoms with Gasteiger partial charge in [-0.05, 0) is 29.8 Å². The molecule has 1 N–H and O–H groups in total. The number of ether oxygens (including phenoxy) is 1. The van der Waals surface area contributed by atoms with Gasteiger partial charge in [0.05, 0.1) is 36.5 Å². The number of carbonyl (C=O) groups is 2. The lowest BCUT2D eigenvalue weighted by Gasteiger charge is -2.40. The second-order valence-corrected chi connectivity index (χ2v) is 6.82. The SMILES string of the molecule is C=CC(=O)N1CCOC(c2cc(Cl)nc(-c3cc(C(=O)NC)ncn3)c2)C1CC#N. The van der Waals surface area contributed by atoms with Crippen LogP contribution in [0.5, 0.6) is 0 Å². The van der Waals surface area contributed by atoms with Crippen molar-refractivity contribution in [2.24, 2.45) is 0 Å². The van der Waals surface area contributed by atoms with Crippen molar-refractivity contribution in [1.82, 2.24) is 25.2 Å². The van der Waals surface area contributed by atoms with Crippen LogP contribution in [0.15, 0.2) is 37.2 Å². The number of nitrogens with one attached hydrogen (secondary N) is 1. The highest BCUT2D eigenvalue weighted by atomic mass is 35.5. The molecule has 0 aliphatic carbocycles. The third-order valence-corrected chi connectivity index (χ3v) is 4.87. The minimum absolute atomic E-state index is 0.0772. The standard InChI is InChI=1S/C20H19ClN6O3/c1-3-18(28)27-6-7-30-19(16(27)4-5-22)12-8-14(26-17(21)9-12)13-10-15(20(29)23-2)25-11-24-13/h3,8-11,16,19H,1,4,6-7H2,2H3,(H,23,29). The van der Waals surface area contributed by atoms with Crippen LogP contribution in [-0.2, 0) is 9.53 Å². The molecule has 0 saturated carbocycles. The molecule has 154 valence electrons. The van der Waals surface area contributed by atoms with Crippen LogP contribution in [0.1, 0.15) is 28.6 Å². The number of amides is 2. The Hall–Kier alpha value is -3.35. The molecule has 2 aromatic rings. The maximum Gasteiger partial charge on any atom is 0.269 e. The number of nitrogens with zero attached hydrogens (tertiary/aromatic N) is 5. The van der Waals surface area contributed by atoms with Crippen LogP contribution in [0.25, 0.3) is 11.4 Å². The van der Waals surface area contributed by atoms with Crippen LogP contribution in [0.2, 0.25) is 5.15 Å². The van der Waals surface area contributed by atoms with E-state index in [1.807, 2.05) is 0 Å². The van der Waals surface area contributed by atoms with E-state index in [2.05, 4.69) is 32.9 Å². The van der Waals surface area contributed by atoms with Crippen LogP contribution in [-0.4, -0.2) is 57.9 Å². The Kier molecular flexibility index (Phi) is 6.72. The van der Waals surface area contributed by atoms with E-state index in [1.165, 1.54) is 25.5 Å². The molecule has 0 radical (unpaired) electrons. The third-order valence-electron chi connectivity index (χ3n) is 4.67. The molecule has 0 aromatic carbocycles. The van der Waals surface area contributed by atoms with Crippen LogP contribution < -0.4 is 5.32 Å². The van der Waals surface area contributed by atoms with Gasteiger partial charge in [0, 0.05) is 13.6 Å². The van der Waals surface area contributed by atoms with Crippen molar-refractivity contribution in [3.05, 3.63) is 53.6 Å². The summed E-state index contributed by atoms with van der Waals surface area (Å²) in [7, 11) is 1.51. The highest BCUT2D eigenvalue weighted by Gasteiger charge is 2.35. The average molecular weight is 427 g/mol. The summed E-state index contributed by atoms with van der Waals surface area (Å²) in [5.74, 6) is -0.626. The number of rotatable bonds is 5. The van der Waals surface area contributed by atoms with E-state index < -0.39 is 12.1 Å². The van der Waals surface area contributed by atoms with Crippen molar-refractivity contribution < 1.29 is 14.3 Å². The van der Waals surface area contributed by atoms with Crippen LogP contribution in [0, 0.1) is 11.3 Å². The van der Waals surface area contributed by atoms with Gasteiger partial charge in [0.1, 0.15) is 23.3 Å². The van der Waals surface area contributed by atoms with Crippen LogP contribution in [0.4, 0.5) is 0 Å². The third kappa shape index (κ3) is 4.45. The van der Waals surface area contributed by atoms with Gasteiger partial charge >= 0.3 is 0 Å². The number of pyridine rings is 1. The van der Waals surface area contributed by atoms with Crippen molar-refractivity contribution in [1.29, 1.82) is 5.26 Å². The number of hydrogen-bond donors (Lipinski definition) is 1. The van der Waals surface area contributed by atoms with Crippen molar-refractivity contribution in [3.8, 4) is 17.5 Å². The summed E-state index contributed by atoms with van der Waals surface area (Å²) in [6.45, 7) is 4.20. The fourth-order valence-corrected chi connectivity index (χ4v) is 3.52. The molecule has 2 atom stereocenters. The van der Waals surface area contributed by atoms with E-state index in [0.717, 1.165) is 0 Å². The second-order valence-electron chi connectivity index (χ2n) is 6.43. The molecule has 1 aliphatic heterocycles. The minimum Gasteiger partial charge on any atom is -0.369 e.